The predicted octanol–water partition coefficient (Wildman–Crippen LogP) is 5.89. The number of methoxy groups -OCH3 is 4. The van der Waals surface area contributed by atoms with Crippen molar-refractivity contribution in [1.82, 2.24) is 4.98 Å². The largest absolute Gasteiger partial charge is 0.503 e. The number of phenols is 1. The maximum absolute atomic E-state index is 12.8. The third kappa shape index (κ3) is 5.23. The Morgan fingerprint density at radius 2 is 1.59 bits per heavy atom. The number of aromatic amines is 1. The van der Waals surface area contributed by atoms with Crippen LogP contribution in [0.2, 0.25) is 0 Å². The van der Waals surface area contributed by atoms with E-state index in [1.807, 2.05) is 48.6 Å². The lowest BCUT2D eigenvalue weighted by Crippen LogP contribution is -1.98. The van der Waals surface area contributed by atoms with Crippen molar-refractivity contribution in [1.29, 1.82) is 0 Å². The summed E-state index contributed by atoms with van der Waals surface area (Å²) < 4.78 is 21.5. The van der Waals surface area contributed by atoms with E-state index in [-0.39, 0.29) is 11.5 Å². The molecule has 37 heavy (non-hydrogen) atoms. The SMILES string of the molecule is COc1ccc(/C=C/c2cc(OC)c(OC)c(OC)c2)c(N/C=C\C(=O)c2c[nH]c3ccccc23)c1O. The summed E-state index contributed by atoms with van der Waals surface area (Å²) in [6.45, 7) is 0. The first-order valence-electron chi connectivity index (χ1n) is 11.4. The van der Waals surface area contributed by atoms with Gasteiger partial charge in [-0.1, -0.05) is 30.4 Å². The molecule has 0 amide bonds. The number of nitrogens with one attached hydrogen (secondary N) is 2. The van der Waals surface area contributed by atoms with Crippen LogP contribution in [0.15, 0.2) is 67.0 Å². The Morgan fingerprint density at radius 3 is 2.27 bits per heavy atom. The quantitative estimate of drug-likeness (QED) is 0.108. The van der Waals surface area contributed by atoms with Crippen LogP contribution in [0, 0.1) is 0 Å². The fourth-order valence-electron chi connectivity index (χ4n) is 3.99. The maximum Gasteiger partial charge on any atom is 0.203 e. The van der Waals surface area contributed by atoms with E-state index in [4.69, 9.17) is 18.9 Å². The van der Waals surface area contributed by atoms with Gasteiger partial charge in [0.05, 0.1) is 34.1 Å². The zero-order valence-corrected chi connectivity index (χ0v) is 21.0. The number of H-pyrrole nitrogens is 1. The first-order valence-corrected chi connectivity index (χ1v) is 11.4. The zero-order valence-electron chi connectivity index (χ0n) is 21.0. The summed E-state index contributed by atoms with van der Waals surface area (Å²) in [4.78, 5) is 15.9. The monoisotopic (exact) mass is 500 g/mol. The van der Waals surface area contributed by atoms with Gasteiger partial charge in [-0.25, -0.2) is 0 Å². The number of aromatic nitrogens is 1. The molecule has 1 heterocycles. The summed E-state index contributed by atoms with van der Waals surface area (Å²) in [5, 5.41) is 14.7. The Morgan fingerprint density at radius 1 is 0.892 bits per heavy atom. The minimum absolute atomic E-state index is 0.0845. The van der Waals surface area contributed by atoms with Crippen LogP contribution in [-0.4, -0.2) is 44.3 Å². The van der Waals surface area contributed by atoms with Gasteiger partial charge in [0.1, 0.15) is 0 Å². The van der Waals surface area contributed by atoms with Gasteiger partial charge in [0, 0.05) is 40.5 Å². The number of allylic oxidation sites excluding steroid dienone is 1. The topological polar surface area (TPSA) is 102 Å². The van der Waals surface area contributed by atoms with Gasteiger partial charge >= 0.3 is 0 Å². The number of aromatic hydroxyl groups is 1. The number of carbonyl (C=O) groups is 1. The van der Waals surface area contributed by atoms with Crippen LogP contribution in [-0.2, 0) is 0 Å². The smallest absolute Gasteiger partial charge is 0.203 e. The van der Waals surface area contributed by atoms with Crippen LogP contribution in [0.4, 0.5) is 5.69 Å². The number of benzene rings is 3. The van der Waals surface area contributed by atoms with Gasteiger partial charge in [-0.05, 0) is 35.9 Å². The van der Waals surface area contributed by atoms with Crippen LogP contribution in [0.5, 0.6) is 28.7 Å². The number of phenolic OH excluding ortho intramolecular Hbond substituents is 1. The number of ether oxygens (including phenoxy) is 4. The van der Waals surface area contributed by atoms with E-state index in [9.17, 15) is 9.90 Å². The fourth-order valence-corrected chi connectivity index (χ4v) is 3.99. The molecule has 0 aliphatic carbocycles. The van der Waals surface area contributed by atoms with Crippen LogP contribution in [0.3, 0.4) is 0 Å². The summed E-state index contributed by atoms with van der Waals surface area (Å²) >= 11 is 0. The second-order valence-corrected chi connectivity index (χ2v) is 7.96. The van der Waals surface area contributed by atoms with Crippen LogP contribution < -0.4 is 24.3 Å². The van der Waals surface area contributed by atoms with Crippen molar-refractivity contribution >= 4 is 34.5 Å². The second-order valence-electron chi connectivity index (χ2n) is 7.96. The minimum Gasteiger partial charge on any atom is -0.503 e. The molecule has 4 aromatic rings. The Labute approximate surface area is 214 Å². The van der Waals surface area contributed by atoms with E-state index in [1.165, 1.54) is 19.4 Å². The Kier molecular flexibility index (Phi) is 7.68. The van der Waals surface area contributed by atoms with Gasteiger partial charge in [-0.15, -0.1) is 0 Å². The Hall–Kier alpha value is -4.85. The number of fused-ring (bicyclic) bond motifs is 1. The lowest BCUT2D eigenvalue weighted by Gasteiger charge is -2.13. The molecule has 0 aliphatic heterocycles. The molecule has 190 valence electrons. The van der Waals surface area contributed by atoms with E-state index in [0.717, 1.165) is 16.5 Å². The summed E-state index contributed by atoms with van der Waals surface area (Å²) in [6.07, 6.45) is 8.26. The summed E-state index contributed by atoms with van der Waals surface area (Å²) in [7, 11) is 6.13. The number of hydrogen-bond donors (Lipinski definition) is 3. The number of hydrogen-bond acceptors (Lipinski definition) is 7. The van der Waals surface area contributed by atoms with Crippen molar-refractivity contribution in [3.63, 3.8) is 0 Å². The highest BCUT2D eigenvalue weighted by atomic mass is 16.5. The number of anilines is 1. The summed E-state index contributed by atoms with van der Waals surface area (Å²) in [5.41, 5.74) is 3.28. The second kappa shape index (κ2) is 11.3. The first kappa shape index (κ1) is 25.2. The number of ketones is 1. The molecule has 1 aromatic heterocycles. The lowest BCUT2D eigenvalue weighted by atomic mass is 10.1. The fraction of sp³-hybridized carbons (Fsp3) is 0.138. The van der Waals surface area contributed by atoms with E-state index >= 15 is 0 Å². The van der Waals surface area contributed by atoms with E-state index in [1.54, 1.807) is 39.7 Å². The number of carbonyl (C=O) groups excluding carboxylic acids is 1. The molecule has 8 heteroatoms. The van der Waals surface area contributed by atoms with Crippen molar-refractivity contribution in [2.45, 2.75) is 0 Å². The molecule has 0 unspecified atom stereocenters. The van der Waals surface area contributed by atoms with Gasteiger partial charge in [0.2, 0.25) is 5.75 Å². The van der Waals surface area contributed by atoms with Crippen molar-refractivity contribution < 1.29 is 28.8 Å². The van der Waals surface area contributed by atoms with Gasteiger partial charge in [-0.2, -0.15) is 0 Å². The molecular weight excluding hydrogens is 472 g/mol. The molecular formula is C29H28N2O6. The molecule has 0 spiro atoms. The molecule has 8 nitrogen and oxygen atoms in total. The number of rotatable bonds is 10. The van der Waals surface area contributed by atoms with Crippen molar-refractivity contribution in [2.24, 2.45) is 0 Å². The molecule has 0 atom stereocenters. The normalized spacial score (nSPS) is 11.2. The van der Waals surface area contributed by atoms with Gasteiger partial charge in [0.15, 0.2) is 28.8 Å². The predicted molar refractivity (Wildman–Crippen MR) is 145 cm³/mol. The van der Waals surface area contributed by atoms with Crippen LogP contribution in [0.25, 0.3) is 23.1 Å². The molecule has 0 aliphatic rings. The summed E-state index contributed by atoms with van der Waals surface area (Å²) in [6, 6.07) is 14.7. The highest BCUT2D eigenvalue weighted by Gasteiger charge is 2.14. The molecule has 3 N–H and O–H groups in total. The standard InChI is InChI=1S/C29H28N2O6/c1-34-24-12-11-19(10-9-18-15-25(35-2)29(37-4)26(16-18)36-3)27(28(24)33)30-14-13-23(32)21-17-31-22-8-6-5-7-20(21)22/h5-17,30-31,33H,1-4H3/b10-9+,14-13-. The molecule has 4 rings (SSSR count). The highest BCUT2D eigenvalue weighted by molar-refractivity contribution is 6.13. The molecule has 0 radical (unpaired) electrons. The Balaban J connectivity index is 1.63. The molecule has 3 aromatic carbocycles. The maximum atomic E-state index is 12.8. The van der Waals surface area contributed by atoms with E-state index < -0.39 is 0 Å². The van der Waals surface area contributed by atoms with Crippen LogP contribution in [0.1, 0.15) is 21.5 Å². The third-order valence-electron chi connectivity index (χ3n) is 5.85. The van der Waals surface area contributed by atoms with E-state index in [0.29, 0.717) is 39.8 Å². The lowest BCUT2D eigenvalue weighted by molar-refractivity contribution is 0.104. The van der Waals surface area contributed by atoms with Crippen molar-refractivity contribution in [3.8, 4) is 28.7 Å². The van der Waals surface area contributed by atoms with Crippen molar-refractivity contribution in [2.75, 3.05) is 33.8 Å². The first-order chi connectivity index (χ1) is 18.0. The van der Waals surface area contributed by atoms with Crippen molar-refractivity contribution in [3.05, 3.63) is 83.7 Å². The molecule has 0 saturated heterocycles. The Bertz CT molecular complexity index is 1460. The third-order valence-corrected chi connectivity index (χ3v) is 5.85. The highest BCUT2D eigenvalue weighted by Crippen LogP contribution is 2.40. The summed E-state index contributed by atoms with van der Waals surface area (Å²) in [5.74, 6) is 1.58. The average Bonchev–Trinajstić information content (AvgIpc) is 3.36. The van der Waals surface area contributed by atoms with Gasteiger partial charge < -0.3 is 34.4 Å². The average molecular weight is 501 g/mol. The molecule has 0 fully saturated rings. The zero-order chi connectivity index (χ0) is 26.4. The van der Waals surface area contributed by atoms with E-state index in [2.05, 4.69) is 10.3 Å². The van der Waals surface area contributed by atoms with Crippen LogP contribution >= 0.6 is 0 Å². The minimum atomic E-state index is -0.179. The van der Waals surface area contributed by atoms with Gasteiger partial charge in [0.25, 0.3) is 0 Å². The molecule has 0 saturated carbocycles. The molecule has 0 bridgehead atoms. The van der Waals surface area contributed by atoms with Gasteiger partial charge in [-0.3, -0.25) is 4.79 Å². The number of para-hydroxylation sites is 1.